The van der Waals surface area contributed by atoms with E-state index >= 15 is 0 Å². The molecule has 2 unspecified atom stereocenters. The molecule has 0 amide bonds. The van der Waals surface area contributed by atoms with E-state index in [1.54, 1.807) is 0 Å². The number of benzene rings is 1. The van der Waals surface area contributed by atoms with E-state index in [1.807, 2.05) is 24.3 Å². The van der Waals surface area contributed by atoms with E-state index < -0.39 is 11.9 Å². The van der Waals surface area contributed by atoms with Crippen LogP contribution >= 0.6 is 15.9 Å². The summed E-state index contributed by atoms with van der Waals surface area (Å²) in [6.07, 6.45) is 1.77. The lowest BCUT2D eigenvalue weighted by atomic mass is 9.86. The third kappa shape index (κ3) is 4.81. The highest BCUT2D eigenvalue weighted by molar-refractivity contribution is 9.10. The van der Waals surface area contributed by atoms with E-state index in [2.05, 4.69) is 36.7 Å². The highest BCUT2D eigenvalue weighted by Crippen LogP contribution is 2.28. The van der Waals surface area contributed by atoms with Crippen LogP contribution in [0.1, 0.15) is 45.1 Å². The number of carboxylic acid groups (broad SMARTS) is 1. The molecule has 0 bridgehead atoms. The molecular weight excluding hydrogens is 292 g/mol. The maximum Gasteiger partial charge on any atom is 0.310 e. The van der Waals surface area contributed by atoms with Crippen molar-refractivity contribution < 1.29 is 9.90 Å². The SMILES string of the molecule is CC(C)CC(C)CC(C(=O)O)c1ccc(Br)cc1. The zero-order valence-electron chi connectivity index (χ0n) is 11.2. The minimum absolute atomic E-state index is 0.396. The minimum atomic E-state index is -0.729. The standard InChI is InChI=1S/C15H21BrO2/c1-10(2)8-11(3)9-14(15(17)18)12-4-6-13(16)7-5-12/h4-7,10-11,14H,8-9H2,1-3H3,(H,17,18). The number of halogens is 1. The number of aliphatic carboxylic acids is 1. The van der Waals surface area contributed by atoms with Crippen molar-refractivity contribution in [1.29, 1.82) is 0 Å². The molecule has 2 atom stereocenters. The second-order valence-electron chi connectivity index (χ2n) is 5.41. The van der Waals surface area contributed by atoms with E-state index in [1.165, 1.54) is 0 Å². The Bertz CT molecular complexity index is 384. The van der Waals surface area contributed by atoms with Crippen molar-refractivity contribution in [1.82, 2.24) is 0 Å². The van der Waals surface area contributed by atoms with Gasteiger partial charge in [-0.15, -0.1) is 0 Å². The second-order valence-corrected chi connectivity index (χ2v) is 6.33. The molecule has 1 aromatic rings. The average molecular weight is 313 g/mol. The lowest BCUT2D eigenvalue weighted by Crippen LogP contribution is -2.16. The Morgan fingerprint density at radius 3 is 2.17 bits per heavy atom. The van der Waals surface area contributed by atoms with Gasteiger partial charge < -0.3 is 5.11 Å². The van der Waals surface area contributed by atoms with Gasteiger partial charge in [0.1, 0.15) is 0 Å². The van der Waals surface area contributed by atoms with E-state index in [-0.39, 0.29) is 0 Å². The van der Waals surface area contributed by atoms with E-state index in [4.69, 9.17) is 0 Å². The van der Waals surface area contributed by atoms with Crippen LogP contribution in [0.5, 0.6) is 0 Å². The molecule has 0 aliphatic carbocycles. The van der Waals surface area contributed by atoms with Gasteiger partial charge in [-0.3, -0.25) is 4.79 Å². The molecule has 100 valence electrons. The second kappa shape index (κ2) is 6.93. The van der Waals surface area contributed by atoms with Gasteiger partial charge in [-0.05, 0) is 42.4 Å². The third-order valence-electron chi connectivity index (χ3n) is 3.08. The normalized spacial score (nSPS) is 14.5. The summed E-state index contributed by atoms with van der Waals surface area (Å²) < 4.78 is 0.977. The largest absolute Gasteiger partial charge is 0.481 e. The maximum absolute atomic E-state index is 11.4. The molecule has 0 saturated carbocycles. The summed E-state index contributed by atoms with van der Waals surface area (Å²) in [7, 11) is 0. The fourth-order valence-electron chi connectivity index (χ4n) is 2.38. The molecule has 1 N–H and O–H groups in total. The first-order valence-corrected chi connectivity index (χ1v) is 7.17. The van der Waals surface area contributed by atoms with Crippen molar-refractivity contribution in [2.45, 2.75) is 39.5 Å². The molecular formula is C15H21BrO2. The average Bonchev–Trinajstić information content (AvgIpc) is 2.26. The molecule has 1 aromatic carbocycles. The zero-order chi connectivity index (χ0) is 13.7. The van der Waals surface area contributed by atoms with Crippen LogP contribution < -0.4 is 0 Å². The van der Waals surface area contributed by atoms with Gasteiger partial charge in [-0.2, -0.15) is 0 Å². The minimum Gasteiger partial charge on any atom is -0.481 e. The predicted octanol–water partition coefficient (Wildman–Crippen LogP) is 4.69. The van der Waals surface area contributed by atoms with Gasteiger partial charge in [0, 0.05) is 4.47 Å². The molecule has 0 aliphatic heterocycles. The molecule has 0 radical (unpaired) electrons. The Balaban J connectivity index is 2.77. The molecule has 0 saturated heterocycles. The summed E-state index contributed by atoms with van der Waals surface area (Å²) in [4.78, 5) is 11.4. The quantitative estimate of drug-likeness (QED) is 0.827. The molecule has 0 aliphatic rings. The van der Waals surface area contributed by atoms with Crippen LogP contribution in [-0.4, -0.2) is 11.1 Å². The van der Waals surface area contributed by atoms with Crippen LogP contribution in [0.2, 0.25) is 0 Å². The van der Waals surface area contributed by atoms with Crippen LogP contribution in [-0.2, 0) is 4.79 Å². The zero-order valence-corrected chi connectivity index (χ0v) is 12.8. The first kappa shape index (κ1) is 15.2. The van der Waals surface area contributed by atoms with Crippen LogP contribution in [0.4, 0.5) is 0 Å². The maximum atomic E-state index is 11.4. The van der Waals surface area contributed by atoms with Gasteiger partial charge in [-0.25, -0.2) is 0 Å². The number of hydrogen-bond donors (Lipinski definition) is 1. The molecule has 18 heavy (non-hydrogen) atoms. The Hall–Kier alpha value is -0.830. The van der Waals surface area contributed by atoms with Gasteiger partial charge >= 0.3 is 5.97 Å². The van der Waals surface area contributed by atoms with Crippen LogP contribution in [0, 0.1) is 11.8 Å². The Morgan fingerprint density at radius 1 is 1.17 bits per heavy atom. The van der Waals surface area contributed by atoms with Gasteiger partial charge in [-0.1, -0.05) is 48.8 Å². The lowest BCUT2D eigenvalue weighted by molar-refractivity contribution is -0.139. The van der Waals surface area contributed by atoms with Crippen molar-refractivity contribution in [3.63, 3.8) is 0 Å². The number of rotatable bonds is 6. The van der Waals surface area contributed by atoms with E-state index in [0.29, 0.717) is 18.3 Å². The fraction of sp³-hybridized carbons (Fsp3) is 0.533. The molecule has 0 aromatic heterocycles. The molecule has 3 heteroatoms. The molecule has 0 heterocycles. The first-order chi connectivity index (χ1) is 8.40. The van der Waals surface area contributed by atoms with Crippen molar-refractivity contribution in [2.75, 3.05) is 0 Å². The van der Waals surface area contributed by atoms with Gasteiger partial charge in [0.05, 0.1) is 5.92 Å². The molecule has 0 fully saturated rings. The smallest absolute Gasteiger partial charge is 0.310 e. The number of hydrogen-bond acceptors (Lipinski definition) is 1. The molecule has 2 nitrogen and oxygen atoms in total. The monoisotopic (exact) mass is 312 g/mol. The third-order valence-corrected chi connectivity index (χ3v) is 3.61. The number of carboxylic acids is 1. The first-order valence-electron chi connectivity index (χ1n) is 6.38. The summed E-state index contributed by atoms with van der Waals surface area (Å²) in [6, 6.07) is 7.59. The highest BCUT2D eigenvalue weighted by atomic mass is 79.9. The predicted molar refractivity (Wildman–Crippen MR) is 77.8 cm³/mol. The highest BCUT2D eigenvalue weighted by Gasteiger charge is 2.22. The van der Waals surface area contributed by atoms with Gasteiger partial charge in [0.2, 0.25) is 0 Å². The summed E-state index contributed by atoms with van der Waals surface area (Å²) in [5.41, 5.74) is 0.890. The van der Waals surface area contributed by atoms with Crippen molar-refractivity contribution in [3.8, 4) is 0 Å². The van der Waals surface area contributed by atoms with Gasteiger partial charge in [0.25, 0.3) is 0 Å². The molecule has 0 spiro atoms. The van der Waals surface area contributed by atoms with Crippen molar-refractivity contribution in [2.24, 2.45) is 11.8 Å². The Labute approximate surface area is 118 Å². The van der Waals surface area contributed by atoms with Crippen LogP contribution in [0.15, 0.2) is 28.7 Å². The summed E-state index contributed by atoms with van der Waals surface area (Å²) >= 11 is 3.37. The van der Waals surface area contributed by atoms with Gasteiger partial charge in [0.15, 0.2) is 0 Å². The van der Waals surface area contributed by atoms with Crippen molar-refractivity contribution >= 4 is 21.9 Å². The summed E-state index contributed by atoms with van der Waals surface area (Å²) in [5.74, 6) is -0.0890. The Morgan fingerprint density at radius 2 is 1.72 bits per heavy atom. The summed E-state index contributed by atoms with van der Waals surface area (Å²) in [5, 5.41) is 9.37. The fourth-order valence-corrected chi connectivity index (χ4v) is 2.64. The number of carbonyl (C=O) groups is 1. The molecule has 1 rings (SSSR count). The summed E-state index contributed by atoms with van der Waals surface area (Å²) in [6.45, 7) is 6.48. The Kier molecular flexibility index (Phi) is 5.86. The topological polar surface area (TPSA) is 37.3 Å². The lowest BCUT2D eigenvalue weighted by Gasteiger charge is -2.19. The van der Waals surface area contributed by atoms with E-state index in [0.717, 1.165) is 16.5 Å². The van der Waals surface area contributed by atoms with E-state index in [9.17, 15) is 9.90 Å². The van der Waals surface area contributed by atoms with Crippen LogP contribution in [0.25, 0.3) is 0 Å². The van der Waals surface area contributed by atoms with Crippen molar-refractivity contribution in [3.05, 3.63) is 34.3 Å². The van der Waals surface area contributed by atoms with Crippen LogP contribution in [0.3, 0.4) is 0 Å².